The van der Waals surface area contributed by atoms with Crippen molar-refractivity contribution in [3.63, 3.8) is 0 Å². The summed E-state index contributed by atoms with van der Waals surface area (Å²) in [6.45, 7) is 8.40. The molecule has 1 rings (SSSR count). The minimum atomic E-state index is 0.966. The third-order valence-electron chi connectivity index (χ3n) is 2.22. The highest BCUT2D eigenvalue weighted by molar-refractivity contribution is 7.99. The number of rotatable bonds is 6. The first-order chi connectivity index (χ1) is 7.72. The van der Waals surface area contributed by atoms with Gasteiger partial charge in [-0.05, 0) is 38.1 Å². The largest absolute Gasteiger partial charge is 0.313 e. The Kier molecular flexibility index (Phi) is 6.27. The first-order valence-electron chi connectivity index (χ1n) is 5.78. The maximum absolute atomic E-state index is 3.34. The molecule has 0 spiro atoms. The molecule has 0 aliphatic heterocycles. The first kappa shape index (κ1) is 13.3. The van der Waals surface area contributed by atoms with Crippen LogP contribution in [-0.4, -0.2) is 12.3 Å². The van der Waals surface area contributed by atoms with E-state index in [1.165, 1.54) is 16.0 Å². The molecule has 0 aliphatic rings. The van der Waals surface area contributed by atoms with Crippen molar-refractivity contribution in [2.45, 2.75) is 32.2 Å². The molecule has 0 heterocycles. The monoisotopic (exact) mass is 235 g/mol. The van der Waals surface area contributed by atoms with E-state index >= 15 is 0 Å². The molecular formula is C14H21NS. The molecule has 1 nitrogen and oxygen atoms in total. The molecule has 88 valence electrons. The predicted molar refractivity (Wildman–Crippen MR) is 74.0 cm³/mol. The molecule has 0 aliphatic carbocycles. The van der Waals surface area contributed by atoms with Gasteiger partial charge in [-0.2, -0.15) is 0 Å². The Morgan fingerprint density at radius 1 is 1.38 bits per heavy atom. The Hall–Kier alpha value is -0.730. The van der Waals surface area contributed by atoms with Gasteiger partial charge in [-0.1, -0.05) is 30.7 Å². The van der Waals surface area contributed by atoms with Crippen LogP contribution < -0.4 is 5.32 Å². The second kappa shape index (κ2) is 7.53. The van der Waals surface area contributed by atoms with Crippen LogP contribution in [0.25, 0.3) is 0 Å². The fraction of sp³-hybridized carbons (Fsp3) is 0.429. The molecule has 0 bridgehead atoms. The maximum Gasteiger partial charge on any atom is 0.0205 e. The standard InChI is InChI=1S/C14H21NS/c1-4-15-11-13-6-5-7-14(10-13)16-9-8-12(2)3/h5-8,10,15H,4,9,11H2,1-3H3. The van der Waals surface area contributed by atoms with Crippen LogP contribution in [0.1, 0.15) is 26.3 Å². The van der Waals surface area contributed by atoms with E-state index in [4.69, 9.17) is 0 Å². The van der Waals surface area contributed by atoms with Gasteiger partial charge in [0.1, 0.15) is 0 Å². The number of hydrogen-bond donors (Lipinski definition) is 1. The zero-order chi connectivity index (χ0) is 11.8. The van der Waals surface area contributed by atoms with Crippen LogP contribution in [0, 0.1) is 0 Å². The van der Waals surface area contributed by atoms with Gasteiger partial charge in [0, 0.05) is 17.2 Å². The summed E-state index contributed by atoms with van der Waals surface area (Å²) in [6.07, 6.45) is 2.27. The van der Waals surface area contributed by atoms with Crippen molar-refractivity contribution < 1.29 is 0 Å². The Balaban J connectivity index is 2.50. The minimum Gasteiger partial charge on any atom is -0.313 e. The van der Waals surface area contributed by atoms with Crippen molar-refractivity contribution in [1.29, 1.82) is 0 Å². The second-order valence-electron chi connectivity index (χ2n) is 4.02. The fourth-order valence-corrected chi connectivity index (χ4v) is 2.34. The molecule has 0 amide bonds. The molecule has 1 aromatic carbocycles. The van der Waals surface area contributed by atoms with Crippen molar-refractivity contribution in [2.24, 2.45) is 0 Å². The lowest BCUT2D eigenvalue weighted by molar-refractivity contribution is 0.725. The minimum absolute atomic E-state index is 0.966. The highest BCUT2D eigenvalue weighted by Gasteiger charge is 1.95. The van der Waals surface area contributed by atoms with Gasteiger partial charge in [-0.25, -0.2) is 0 Å². The molecule has 0 radical (unpaired) electrons. The normalized spacial score (nSPS) is 10.2. The van der Waals surface area contributed by atoms with Gasteiger partial charge in [0.2, 0.25) is 0 Å². The summed E-state index contributed by atoms with van der Waals surface area (Å²) in [6, 6.07) is 8.76. The molecule has 0 aromatic heterocycles. The van der Waals surface area contributed by atoms with Gasteiger partial charge < -0.3 is 5.32 Å². The van der Waals surface area contributed by atoms with Crippen LogP contribution >= 0.6 is 11.8 Å². The summed E-state index contributed by atoms with van der Waals surface area (Å²) >= 11 is 1.89. The summed E-state index contributed by atoms with van der Waals surface area (Å²) < 4.78 is 0. The molecular weight excluding hydrogens is 214 g/mol. The lowest BCUT2D eigenvalue weighted by Gasteiger charge is -2.04. The summed E-state index contributed by atoms with van der Waals surface area (Å²) in [7, 11) is 0. The van der Waals surface area contributed by atoms with Gasteiger partial charge >= 0.3 is 0 Å². The Morgan fingerprint density at radius 3 is 2.88 bits per heavy atom. The highest BCUT2D eigenvalue weighted by Crippen LogP contribution is 2.19. The summed E-state index contributed by atoms with van der Waals surface area (Å²) in [5, 5.41) is 3.34. The number of hydrogen-bond acceptors (Lipinski definition) is 2. The Bertz CT molecular complexity index is 340. The van der Waals surface area contributed by atoms with Crippen molar-refractivity contribution in [3.8, 4) is 0 Å². The van der Waals surface area contributed by atoms with Gasteiger partial charge in [0.05, 0.1) is 0 Å². The zero-order valence-electron chi connectivity index (χ0n) is 10.4. The lowest BCUT2D eigenvalue weighted by atomic mass is 10.2. The van der Waals surface area contributed by atoms with Crippen molar-refractivity contribution in [3.05, 3.63) is 41.5 Å². The van der Waals surface area contributed by atoms with Crippen molar-refractivity contribution >= 4 is 11.8 Å². The number of allylic oxidation sites excluding steroid dienone is 1. The molecule has 0 saturated heterocycles. The van der Waals surface area contributed by atoms with E-state index in [0.29, 0.717) is 0 Å². The third kappa shape index (κ3) is 5.38. The van der Waals surface area contributed by atoms with Gasteiger partial charge in [0.15, 0.2) is 0 Å². The van der Waals surface area contributed by atoms with Gasteiger partial charge in [0.25, 0.3) is 0 Å². The fourth-order valence-electron chi connectivity index (χ4n) is 1.32. The summed E-state index contributed by atoms with van der Waals surface area (Å²) in [4.78, 5) is 1.35. The van der Waals surface area contributed by atoms with E-state index in [1.807, 2.05) is 11.8 Å². The Morgan fingerprint density at radius 2 is 2.19 bits per heavy atom. The van der Waals surface area contributed by atoms with Crippen LogP contribution in [0.3, 0.4) is 0 Å². The maximum atomic E-state index is 3.34. The van der Waals surface area contributed by atoms with Gasteiger partial charge in [-0.15, -0.1) is 11.8 Å². The van der Waals surface area contributed by atoms with E-state index in [2.05, 4.69) is 56.4 Å². The SMILES string of the molecule is CCNCc1cccc(SCC=C(C)C)c1. The lowest BCUT2D eigenvalue weighted by Crippen LogP contribution is -2.11. The Labute approximate surface area is 103 Å². The van der Waals surface area contributed by atoms with Crippen LogP contribution in [0.2, 0.25) is 0 Å². The highest BCUT2D eigenvalue weighted by atomic mass is 32.2. The molecule has 1 N–H and O–H groups in total. The van der Waals surface area contributed by atoms with E-state index in [9.17, 15) is 0 Å². The summed E-state index contributed by atoms with van der Waals surface area (Å²) in [5.41, 5.74) is 2.75. The summed E-state index contributed by atoms with van der Waals surface area (Å²) in [5.74, 6) is 1.06. The number of thioether (sulfide) groups is 1. The van der Waals surface area contributed by atoms with Crippen molar-refractivity contribution in [2.75, 3.05) is 12.3 Å². The number of nitrogens with one attached hydrogen (secondary N) is 1. The van der Waals surface area contributed by atoms with Crippen LogP contribution in [0.5, 0.6) is 0 Å². The quantitative estimate of drug-likeness (QED) is 0.593. The van der Waals surface area contributed by atoms with E-state index in [1.54, 1.807) is 0 Å². The molecule has 0 unspecified atom stereocenters. The van der Waals surface area contributed by atoms with E-state index in [-0.39, 0.29) is 0 Å². The van der Waals surface area contributed by atoms with Gasteiger partial charge in [-0.3, -0.25) is 0 Å². The smallest absolute Gasteiger partial charge is 0.0205 e. The van der Waals surface area contributed by atoms with Crippen LogP contribution in [-0.2, 0) is 6.54 Å². The molecule has 16 heavy (non-hydrogen) atoms. The third-order valence-corrected chi connectivity index (χ3v) is 3.14. The average molecular weight is 235 g/mol. The van der Waals surface area contributed by atoms with Crippen LogP contribution in [0.15, 0.2) is 40.8 Å². The van der Waals surface area contributed by atoms with Crippen LogP contribution in [0.4, 0.5) is 0 Å². The molecule has 0 saturated carbocycles. The average Bonchev–Trinajstić information content (AvgIpc) is 2.26. The molecule has 1 aromatic rings. The van der Waals surface area contributed by atoms with E-state index < -0.39 is 0 Å². The van der Waals surface area contributed by atoms with E-state index in [0.717, 1.165) is 18.8 Å². The molecule has 0 fully saturated rings. The first-order valence-corrected chi connectivity index (χ1v) is 6.76. The predicted octanol–water partition coefficient (Wildman–Crippen LogP) is 3.85. The molecule has 0 atom stereocenters. The van der Waals surface area contributed by atoms with Crippen molar-refractivity contribution in [1.82, 2.24) is 5.32 Å². The second-order valence-corrected chi connectivity index (χ2v) is 5.11. The molecule has 2 heteroatoms. The zero-order valence-corrected chi connectivity index (χ0v) is 11.2. The topological polar surface area (TPSA) is 12.0 Å². The number of benzene rings is 1.